The third-order valence-electron chi connectivity index (χ3n) is 3.86. The molecule has 1 aliphatic rings. The van der Waals surface area contributed by atoms with Crippen LogP contribution in [0.5, 0.6) is 0 Å². The zero-order valence-electron chi connectivity index (χ0n) is 13.5. The van der Waals surface area contributed by atoms with Crippen LogP contribution in [0.25, 0.3) is 0 Å². The first kappa shape index (κ1) is 18.4. The first-order valence-corrected chi connectivity index (χ1v) is 7.76. The molecule has 1 rings (SSSR count). The van der Waals surface area contributed by atoms with E-state index in [0.29, 0.717) is 32.7 Å². The molecule has 0 aromatic rings. The lowest BCUT2D eigenvalue weighted by Gasteiger charge is -2.35. The van der Waals surface area contributed by atoms with Crippen LogP contribution in [0.1, 0.15) is 13.8 Å². The molecule has 0 spiro atoms. The predicted molar refractivity (Wildman–Crippen MR) is 83.0 cm³/mol. The Morgan fingerprint density at radius 1 is 1.00 bits per heavy atom. The molecular formula is C14H27N5O3. The van der Waals surface area contributed by atoms with Crippen molar-refractivity contribution < 1.29 is 14.4 Å². The molecule has 3 amide bonds. The molecule has 0 aromatic carbocycles. The maximum atomic E-state index is 12.2. The summed E-state index contributed by atoms with van der Waals surface area (Å²) in [5.74, 6) is -0.383. The van der Waals surface area contributed by atoms with Crippen LogP contribution in [0.4, 0.5) is 0 Å². The van der Waals surface area contributed by atoms with Crippen molar-refractivity contribution in [3.8, 4) is 0 Å². The third-order valence-corrected chi connectivity index (χ3v) is 3.86. The minimum atomic E-state index is -0.346. The first-order chi connectivity index (χ1) is 10.5. The van der Waals surface area contributed by atoms with E-state index in [1.54, 1.807) is 9.80 Å². The van der Waals surface area contributed by atoms with Crippen molar-refractivity contribution in [2.75, 3.05) is 58.9 Å². The molecule has 0 saturated carbocycles. The molecule has 1 heterocycles. The Balaban J connectivity index is 2.34. The van der Waals surface area contributed by atoms with Crippen molar-refractivity contribution in [3.05, 3.63) is 0 Å². The Kier molecular flexibility index (Phi) is 7.83. The summed E-state index contributed by atoms with van der Waals surface area (Å²) in [5, 5.41) is 2.46. The Hall–Kier alpha value is -1.67. The van der Waals surface area contributed by atoms with Gasteiger partial charge in [0.05, 0.1) is 19.6 Å². The molecule has 1 saturated heterocycles. The normalized spacial score (nSPS) is 15.1. The molecule has 3 N–H and O–H groups in total. The summed E-state index contributed by atoms with van der Waals surface area (Å²) in [5.41, 5.74) is 5.17. The third kappa shape index (κ3) is 5.61. The lowest BCUT2D eigenvalue weighted by atomic mass is 10.3. The molecule has 0 radical (unpaired) electrons. The van der Waals surface area contributed by atoms with Crippen LogP contribution >= 0.6 is 0 Å². The highest BCUT2D eigenvalue weighted by Gasteiger charge is 2.24. The average molecular weight is 313 g/mol. The van der Waals surface area contributed by atoms with Gasteiger partial charge in [-0.1, -0.05) is 13.8 Å². The summed E-state index contributed by atoms with van der Waals surface area (Å²) >= 11 is 0. The van der Waals surface area contributed by atoms with E-state index < -0.39 is 0 Å². The minimum Gasteiger partial charge on any atom is -0.346 e. The van der Waals surface area contributed by atoms with Crippen molar-refractivity contribution in [1.29, 1.82) is 0 Å². The van der Waals surface area contributed by atoms with Crippen molar-refractivity contribution in [3.63, 3.8) is 0 Å². The van der Waals surface area contributed by atoms with Crippen LogP contribution in [-0.2, 0) is 14.4 Å². The van der Waals surface area contributed by atoms with E-state index >= 15 is 0 Å². The molecule has 1 aliphatic heterocycles. The molecule has 8 heteroatoms. The number of amides is 3. The van der Waals surface area contributed by atoms with E-state index in [1.165, 1.54) is 0 Å². The van der Waals surface area contributed by atoms with E-state index in [9.17, 15) is 14.4 Å². The van der Waals surface area contributed by atoms with Crippen LogP contribution in [0.15, 0.2) is 0 Å². The second-order valence-corrected chi connectivity index (χ2v) is 5.20. The lowest BCUT2D eigenvalue weighted by Crippen LogP contribution is -2.54. The van der Waals surface area contributed by atoms with Gasteiger partial charge in [-0.2, -0.15) is 0 Å². The lowest BCUT2D eigenvalue weighted by molar-refractivity contribution is -0.140. The zero-order valence-corrected chi connectivity index (χ0v) is 13.5. The Bertz CT molecular complexity index is 390. The van der Waals surface area contributed by atoms with Crippen molar-refractivity contribution >= 4 is 17.7 Å². The van der Waals surface area contributed by atoms with Gasteiger partial charge in [-0.15, -0.1) is 0 Å². The maximum Gasteiger partial charge on any atom is 0.242 e. The smallest absolute Gasteiger partial charge is 0.242 e. The maximum absolute atomic E-state index is 12.2. The quantitative estimate of drug-likeness (QED) is 0.570. The Labute approximate surface area is 131 Å². The van der Waals surface area contributed by atoms with Crippen molar-refractivity contribution in [1.82, 2.24) is 20.0 Å². The molecular weight excluding hydrogens is 286 g/mol. The highest BCUT2D eigenvalue weighted by atomic mass is 16.2. The second kappa shape index (κ2) is 9.37. The summed E-state index contributed by atoms with van der Waals surface area (Å²) in [6.07, 6.45) is 0. The predicted octanol–water partition coefficient (Wildman–Crippen LogP) is -1.93. The highest BCUT2D eigenvalue weighted by Crippen LogP contribution is 2.03. The van der Waals surface area contributed by atoms with Gasteiger partial charge in [-0.3, -0.25) is 19.3 Å². The van der Waals surface area contributed by atoms with Gasteiger partial charge in [-0.05, 0) is 13.1 Å². The fourth-order valence-electron chi connectivity index (χ4n) is 2.30. The molecule has 0 unspecified atom stereocenters. The van der Waals surface area contributed by atoms with Gasteiger partial charge in [0.1, 0.15) is 0 Å². The van der Waals surface area contributed by atoms with Crippen LogP contribution in [0, 0.1) is 0 Å². The monoisotopic (exact) mass is 313 g/mol. The number of piperazine rings is 1. The molecule has 8 nitrogen and oxygen atoms in total. The van der Waals surface area contributed by atoms with Crippen molar-refractivity contribution in [2.45, 2.75) is 13.8 Å². The van der Waals surface area contributed by atoms with Gasteiger partial charge in [0.15, 0.2) is 0 Å². The first-order valence-electron chi connectivity index (χ1n) is 7.76. The van der Waals surface area contributed by atoms with Crippen LogP contribution < -0.4 is 11.1 Å². The Morgan fingerprint density at radius 3 is 1.95 bits per heavy atom. The number of carbonyl (C=O) groups excluding carboxylic acids is 3. The second-order valence-electron chi connectivity index (χ2n) is 5.20. The molecule has 0 aromatic heterocycles. The van der Waals surface area contributed by atoms with E-state index in [4.69, 9.17) is 5.73 Å². The number of hydrogen-bond donors (Lipinski definition) is 2. The summed E-state index contributed by atoms with van der Waals surface area (Å²) < 4.78 is 0. The minimum absolute atomic E-state index is 0.0383. The number of nitrogens with one attached hydrogen (secondary N) is 1. The van der Waals surface area contributed by atoms with Crippen LogP contribution in [0.3, 0.4) is 0 Å². The van der Waals surface area contributed by atoms with E-state index in [-0.39, 0.29) is 30.8 Å². The highest BCUT2D eigenvalue weighted by molar-refractivity contribution is 5.85. The molecule has 22 heavy (non-hydrogen) atoms. The van der Waals surface area contributed by atoms with Crippen LogP contribution in [-0.4, -0.2) is 91.3 Å². The average Bonchev–Trinajstić information content (AvgIpc) is 2.56. The number of likely N-dealkylation sites (N-methyl/N-ethyl adjacent to an activating group) is 1. The molecule has 0 atom stereocenters. The number of hydrogen-bond acceptors (Lipinski definition) is 5. The molecule has 1 fully saturated rings. The van der Waals surface area contributed by atoms with Crippen LogP contribution in [0.2, 0.25) is 0 Å². The number of nitrogens with two attached hydrogens (primary N) is 1. The fraction of sp³-hybridized carbons (Fsp3) is 0.786. The number of carbonyl (C=O) groups is 3. The van der Waals surface area contributed by atoms with Gasteiger partial charge < -0.3 is 20.9 Å². The van der Waals surface area contributed by atoms with E-state index in [0.717, 1.165) is 13.1 Å². The standard InChI is InChI=1S/C14H27N5O3/c1-3-17(4-2)11-14(22)19-7-5-18(6-8-19)13(21)10-16-12(20)9-15/h3-11,15H2,1-2H3,(H,16,20). The summed E-state index contributed by atoms with van der Waals surface area (Å²) in [4.78, 5) is 40.7. The largest absolute Gasteiger partial charge is 0.346 e. The zero-order chi connectivity index (χ0) is 16.5. The number of rotatable bonds is 7. The summed E-state index contributed by atoms with van der Waals surface area (Å²) in [7, 11) is 0. The van der Waals surface area contributed by atoms with Gasteiger partial charge in [0.2, 0.25) is 17.7 Å². The summed E-state index contributed by atoms with van der Waals surface area (Å²) in [6, 6.07) is 0. The molecule has 0 aliphatic carbocycles. The molecule has 0 bridgehead atoms. The van der Waals surface area contributed by atoms with Gasteiger partial charge in [0.25, 0.3) is 0 Å². The topological polar surface area (TPSA) is 99.0 Å². The van der Waals surface area contributed by atoms with Gasteiger partial charge in [-0.25, -0.2) is 0 Å². The summed E-state index contributed by atoms with van der Waals surface area (Å²) in [6.45, 7) is 8.10. The SMILES string of the molecule is CCN(CC)CC(=O)N1CCN(C(=O)CNC(=O)CN)CC1. The van der Waals surface area contributed by atoms with E-state index in [1.807, 2.05) is 13.8 Å². The molecule has 126 valence electrons. The van der Waals surface area contributed by atoms with Crippen molar-refractivity contribution in [2.24, 2.45) is 5.73 Å². The Morgan fingerprint density at radius 2 is 1.50 bits per heavy atom. The fourth-order valence-corrected chi connectivity index (χ4v) is 2.30. The van der Waals surface area contributed by atoms with Gasteiger partial charge in [0, 0.05) is 26.2 Å². The van der Waals surface area contributed by atoms with Gasteiger partial charge >= 0.3 is 0 Å². The van der Waals surface area contributed by atoms with E-state index in [2.05, 4.69) is 10.2 Å². The number of nitrogens with zero attached hydrogens (tertiary/aromatic N) is 3.